The molecule has 0 saturated heterocycles. The first-order valence-electron chi connectivity index (χ1n) is 10.1. The summed E-state index contributed by atoms with van der Waals surface area (Å²) in [4.78, 5) is 26.1. The van der Waals surface area contributed by atoms with Gasteiger partial charge in [-0.3, -0.25) is 4.79 Å². The number of aromatic nitrogens is 2. The van der Waals surface area contributed by atoms with Gasteiger partial charge >= 0.3 is 0 Å². The summed E-state index contributed by atoms with van der Waals surface area (Å²) in [5.41, 5.74) is 4.22. The fourth-order valence-corrected chi connectivity index (χ4v) is 3.70. The lowest BCUT2D eigenvalue weighted by Crippen LogP contribution is -2.37. The van der Waals surface area contributed by atoms with E-state index >= 15 is 0 Å². The summed E-state index contributed by atoms with van der Waals surface area (Å²) in [7, 11) is 0. The van der Waals surface area contributed by atoms with Crippen molar-refractivity contribution in [2.24, 2.45) is 0 Å². The lowest BCUT2D eigenvalue weighted by atomic mass is 10.0. The molecule has 4 rings (SSSR count). The Bertz CT molecular complexity index is 970. The van der Waals surface area contributed by atoms with Gasteiger partial charge < -0.3 is 9.80 Å². The van der Waals surface area contributed by atoms with Gasteiger partial charge in [-0.05, 0) is 37.0 Å². The smallest absolute Gasteiger partial charge is 0.274 e. The van der Waals surface area contributed by atoms with Gasteiger partial charge in [0.25, 0.3) is 5.91 Å². The first-order chi connectivity index (χ1) is 14.1. The molecule has 2 heterocycles. The molecular weight excluding hydrogens is 360 g/mol. The van der Waals surface area contributed by atoms with Crippen LogP contribution < -0.4 is 4.90 Å². The zero-order valence-corrected chi connectivity index (χ0v) is 17.0. The van der Waals surface area contributed by atoms with E-state index in [9.17, 15) is 4.79 Å². The molecule has 0 unspecified atom stereocenters. The quantitative estimate of drug-likeness (QED) is 0.663. The highest BCUT2D eigenvalue weighted by atomic mass is 16.2. The average Bonchev–Trinajstić information content (AvgIpc) is 2.77. The number of rotatable bonds is 5. The summed E-state index contributed by atoms with van der Waals surface area (Å²) >= 11 is 0. The zero-order chi connectivity index (χ0) is 20.2. The van der Waals surface area contributed by atoms with E-state index in [4.69, 9.17) is 0 Å². The third kappa shape index (κ3) is 4.29. The third-order valence-electron chi connectivity index (χ3n) is 5.39. The standard InChI is InChI=1S/C24H26N4O/c1-18(2)28(16-19-8-4-3-5-9-19)24(29)22-14-26-23(15-25-22)27-13-12-20-10-6-7-11-21(20)17-27/h3-11,14-15,18H,12-13,16-17H2,1-2H3. The molecule has 0 bridgehead atoms. The van der Waals surface area contributed by atoms with Crippen molar-refractivity contribution in [3.05, 3.63) is 89.4 Å². The van der Waals surface area contributed by atoms with Gasteiger partial charge in [0.05, 0.1) is 12.4 Å². The van der Waals surface area contributed by atoms with Crippen LogP contribution in [0.3, 0.4) is 0 Å². The van der Waals surface area contributed by atoms with E-state index < -0.39 is 0 Å². The molecule has 0 radical (unpaired) electrons. The van der Waals surface area contributed by atoms with Crippen molar-refractivity contribution in [2.75, 3.05) is 11.4 Å². The van der Waals surface area contributed by atoms with E-state index in [1.807, 2.05) is 49.1 Å². The predicted molar refractivity (Wildman–Crippen MR) is 115 cm³/mol. The fraction of sp³-hybridized carbons (Fsp3) is 0.292. The van der Waals surface area contributed by atoms with Crippen LogP contribution in [-0.2, 0) is 19.5 Å². The van der Waals surface area contributed by atoms with Crippen LogP contribution in [0, 0.1) is 0 Å². The Labute approximate surface area is 172 Å². The number of amides is 1. The molecular formula is C24H26N4O. The molecule has 3 aromatic rings. The Hall–Kier alpha value is -3.21. The van der Waals surface area contributed by atoms with E-state index in [1.165, 1.54) is 11.1 Å². The van der Waals surface area contributed by atoms with Crippen LogP contribution in [-0.4, -0.2) is 33.4 Å². The topological polar surface area (TPSA) is 49.3 Å². The summed E-state index contributed by atoms with van der Waals surface area (Å²) in [5, 5.41) is 0. The Morgan fingerprint density at radius 3 is 2.41 bits per heavy atom. The van der Waals surface area contributed by atoms with E-state index in [1.54, 1.807) is 12.4 Å². The van der Waals surface area contributed by atoms with Gasteiger partial charge in [0, 0.05) is 25.7 Å². The van der Waals surface area contributed by atoms with Crippen molar-refractivity contribution in [1.82, 2.24) is 14.9 Å². The lowest BCUT2D eigenvalue weighted by Gasteiger charge is -2.30. The minimum Gasteiger partial charge on any atom is -0.351 e. The van der Waals surface area contributed by atoms with Gasteiger partial charge in [0.2, 0.25) is 0 Å². The molecule has 0 aliphatic carbocycles. The summed E-state index contributed by atoms with van der Waals surface area (Å²) in [6.07, 6.45) is 4.33. The molecule has 1 amide bonds. The van der Waals surface area contributed by atoms with Gasteiger partial charge in [-0.2, -0.15) is 0 Å². The maximum absolute atomic E-state index is 13.1. The zero-order valence-electron chi connectivity index (χ0n) is 17.0. The highest BCUT2D eigenvalue weighted by Gasteiger charge is 2.22. The number of hydrogen-bond acceptors (Lipinski definition) is 4. The van der Waals surface area contributed by atoms with E-state index in [2.05, 4.69) is 39.1 Å². The van der Waals surface area contributed by atoms with Crippen molar-refractivity contribution in [1.29, 1.82) is 0 Å². The molecule has 2 aromatic carbocycles. The summed E-state index contributed by atoms with van der Waals surface area (Å²) in [5.74, 6) is 0.724. The van der Waals surface area contributed by atoms with Crippen molar-refractivity contribution in [3.8, 4) is 0 Å². The highest BCUT2D eigenvalue weighted by Crippen LogP contribution is 2.22. The van der Waals surface area contributed by atoms with Crippen molar-refractivity contribution >= 4 is 11.7 Å². The van der Waals surface area contributed by atoms with Gasteiger partial charge in [-0.1, -0.05) is 54.6 Å². The van der Waals surface area contributed by atoms with Crippen molar-refractivity contribution in [3.63, 3.8) is 0 Å². The molecule has 0 saturated carbocycles. The molecule has 0 spiro atoms. The Morgan fingerprint density at radius 1 is 1.00 bits per heavy atom. The number of benzene rings is 2. The van der Waals surface area contributed by atoms with Crippen LogP contribution in [0.1, 0.15) is 41.0 Å². The Kier molecular flexibility index (Phi) is 5.56. The summed E-state index contributed by atoms with van der Waals surface area (Å²) in [6.45, 7) is 6.33. The maximum atomic E-state index is 13.1. The largest absolute Gasteiger partial charge is 0.351 e. The van der Waals surface area contributed by atoms with Gasteiger partial charge in [0.15, 0.2) is 0 Å². The normalized spacial score (nSPS) is 13.3. The fourth-order valence-electron chi connectivity index (χ4n) is 3.70. The van der Waals surface area contributed by atoms with Gasteiger partial charge in [-0.15, -0.1) is 0 Å². The third-order valence-corrected chi connectivity index (χ3v) is 5.39. The second-order valence-electron chi connectivity index (χ2n) is 7.71. The molecule has 1 aliphatic heterocycles. The van der Waals surface area contributed by atoms with Gasteiger partial charge in [0.1, 0.15) is 11.5 Å². The molecule has 1 aromatic heterocycles. The summed E-state index contributed by atoms with van der Waals surface area (Å²) < 4.78 is 0. The lowest BCUT2D eigenvalue weighted by molar-refractivity contribution is 0.0684. The minimum atomic E-state index is -0.0908. The van der Waals surface area contributed by atoms with E-state index in [-0.39, 0.29) is 11.9 Å². The second-order valence-corrected chi connectivity index (χ2v) is 7.71. The minimum absolute atomic E-state index is 0.0720. The second kappa shape index (κ2) is 8.43. The molecule has 0 fully saturated rings. The number of fused-ring (bicyclic) bond motifs is 1. The van der Waals surface area contributed by atoms with Crippen molar-refractivity contribution < 1.29 is 4.79 Å². The predicted octanol–water partition coefficient (Wildman–Crippen LogP) is 4.09. The van der Waals surface area contributed by atoms with Crippen LogP contribution in [0.15, 0.2) is 67.0 Å². The Balaban J connectivity index is 1.48. The van der Waals surface area contributed by atoms with Crippen LogP contribution in [0.4, 0.5) is 5.82 Å². The van der Waals surface area contributed by atoms with Crippen LogP contribution in [0.2, 0.25) is 0 Å². The molecule has 0 atom stereocenters. The van der Waals surface area contributed by atoms with E-state index in [0.29, 0.717) is 12.2 Å². The highest BCUT2D eigenvalue weighted by molar-refractivity contribution is 5.92. The molecule has 0 N–H and O–H groups in total. The first-order valence-corrected chi connectivity index (χ1v) is 10.1. The van der Waals surface area contributed by atoms with Crippen molar-refractivity contribution in [2.45, 2.75) is 39.4 Å². The van der Waals surface area contributed by atoms with Crippen LogP contribution in [0.25, 0.3) is 0 Å². The molecule has 5 nitrogen and oxygen atoms in total. The van der Waals surface area contributed by atoms with Gasteiger partial charge in [-0.25, -0.2) is 9.97 Å². The Morgan fingerprint density at radius 2 is 1.72 bits per heavy atom. The average molecular weight is 386 g/mol. The summed E-state index contributed by atoms with van der Waals surface area (Å²) in [6, 6.07) is 18.6. The molecule has 5 heteroatoms. The van der Waals surface area contributed by atoms with E-state index in [0.717, 1.165) is 30.9 Å². The SMILES string of the molecule is CC(C)N(Cc1ccccc1)C(=O)c1cnc(N2CCc3ccccc3C2)cn1. The van der Waals surface area contributed by atoms with Crippen LogP contribution >= 0.6 is 0 Å². The first kappa shape index (κ1) is 19.1. The molecule has 29 heavy (non-hydrogen) atoms. The number of hydrogen-bond donors (Lipinski definition) is 0. The molecule has 148 valence electrons. The maximum Gasteiger partial charge on any atom is 0.274 e. The number of carbonyl (C=O) groups is 1. The number of carbonyl (C=O) groups excluding carboxylic acids is 1. The number of anilines is 1. The monoisotopic (exact) mass is 386 g/mol. The number of nitrogens with zero attached hydrogens (tertiary/aromatic N) is 4. The van der Waals surface area contributed by atoms with Crippen LogP contribution in [0.5, 0.6) is 0 Å². The molecule has 1 aliphatic rings.